The predicted octanol–water partition coefficient (Wildman–Crippen LogP) is 3.68. The Morgan fingerprint density at radius 1 is 1.32 bits per heavy atom. The second-order valence-corrected chi connectivity index (χ2v) is 6.77. The van der Waals surface area contributed by atoms with E-state index in [-0.39, 0.29) is 13.2 Å². The molecule has 0 spiro atoms. The van der Waals surface area contributed by atoms with Gasteiger partial charge >= 0.3 is 7.60 Å². The molecular formula is C12H19BrNO4P. The van der Waals surface area contributed by atoms with Crippen LogP contribution in [0.1, 0.15) is 25.2 Å². The SMILES string of the molecule is CCOP(=O)(OCC)[C@H](N)c1cc(Br)ccc1OC. The van der Waals surface area contributed by atoms with Gasteiger partial charge in [-0.05, 0) is 32.0 Å². The molecule has 19 heavy (non-hydrogen) atoms. The van der Waals surface area contributed by atoms with Crippen LogP contribution in [0.3, 0.4) is 0 Å². The van der Waals surface area contributed by atoms with Crippen LogP contribution in [0, 0.1) is 0 Å². The molecule has 0 aliphatic heterocycles. The number of hydrogen-bond acceptors (Lipinski definition) is 5. The Kier molecular flexibility index (Phi) is 6.50. The minimum Gasteiger partial charge on any atom is -0.496 e. The summed E-state index contributed by atoms with van der Waals surface area (Å²) in [6.07, 6.45) is 0. The third-order valence-electron chi connectivity index (χ3n) is 2.47. The summed E-state index contributed by atoms with van der Waals surface area (Å²) in [5, 5.41) is 0. The van der Waals surface area contributed by atoms with Crippen molar-refractivity contribution in [2.45, 2.75) is 19.6 Å². The van der Waals surface area contributed by atoms with Gasteiger partial charge in [0.15, 0.2) is 0 Å². The van der Waals surface area contributed by atoms with E-state index in [4.69, 9.17) is 19.5 Å². The van der Waals surface area contributed by atoms with Gasteiger partial charge in [-0.3, -0.25) is 4.57 Å². The molecule has 1 rings (SSSR count). The number of rotatable bonds is 7. The average molecular weight is 352 g/mol. The third kappa shape index (κ3) is 4.04. The zero-order chi connectivity index (χ0) is 14.5. The van der Waals surface area contributed by atoms with Gasteiger partial charge in [-0.15, -0.1) is 0 Å². The van der Waals surface area contributed by atoms with Crippen molar-refractivity contribution in [1.29, 1.82) is 0 Å². The maximum Gasteiger partial charge on any atom is 0.351 e. The largest absolute Gasteiger partial charge is 0.496 e. The van der Waals surface area contributed by atoms with Crippen molar-refractivity contribution >= 4 is 23.5 Å². The molecule has 5 nitrogen and oxygen atoms in total. The molecule has 0 fully saturated rings. The molecule has 0 unspecified atom stereocenters. The molecule has 108 valence electrons. The van der Waals surface area contributed by atoms with E-state index in [0.717, 1.165) is 4.47 Å². The summed E-state index contributed by atoms with van der Waals surface area (Å²) < 4.78 is 29.2. The summed E-state index contributed by atoms with van der Waals surface area (Å²) in [5.74, 6) is -0.338. The van der Waals surface area contributed by atoms with E-state index < -0.39 is 13.4 Å². The maximum atomic E-state index is 12.7. The normalized spacial score (nSPS) is 13.3. The fourth-order valence-electron chi connectivity index (χ4n) is 1.66. The highest BCUT2D eigenvalue weighted by Crippen LogP contribution is 2.59. The predicted molar refractivity (Wildman–Crippen MR) is 78.5 cm³/mol. The molecule has 0 aliphatic carbocycles. The second-order valence-electron chi connectivity index (χ2n) is 3.71. The number of halogens is 1. The Morgan fingerprint density at radius 2 is 1.89 bits per heavy atom. The monoisotopic (exact) mass is 351 g/mol. The summed E-state index contributed by atoms with van der Waals surface area (Å²) in [4.78, 5) is 0. The first-order chi connectivity index (χ1) is 8.98. The molecular weight excluding hydrogens is 333 g/mol. The van der Waals surface area contributed by atoms with Gasteiger partial charge in [0, 0.05) is 10.0 Å². The summed E-state index contributed by atoms with van der Waals surface area (Å²) in [5.41, 5.74) is 6.66. The average Bonchev–Trinajstić information content (AvgIpc) is 2.38. The first-order valence-electron chi connectivity index (χ1n) is 5.96. The Bertz CT molecular complexity index is 459. The van der Waals surface area contributed by atoms with Gasteiger partial charge in [0.2, 0.25) is 0 Å². The van der Waals surface area contributed by atoms with Crippen molar-refractivity contribution in [2.75, 3.05) is 20.3 Å². The Morgan fingerprint density at radius 3 is 2.37 bits per heavy atom. The summed E-state index contributed by atoms with van der Waals surface area (Å²) >= 11 is 3.36. The van der Waals surface area contributed by atoms with Gasteiger partial charge in [-0.1, -0.05) is 15.9 Å². The van der Waals surface area contributed by atoms with Crippen LogP contribution in [0.15, 0.2) is 22.7 Å². The molecule has 0 radical (unpaired) electrons. The van der Waals surface area contributed by atoms with Crippen LogP contribution in [-0.4, -0.2) is 20.3 Å². The van der Waals surface area contributed by atoms with Crippen LogP contribution < -0.4 is 10.5 Å². The lowest BCUT2D eigenvalue weighted by molar-refractivity contribution is 0.212. The van der Waals surface area contributed by atoms with Crippen molar-refractivity contribution in [2.24, 2.45) is 5.73 Å². The van der Waals surface area contributed by atoms with E-state index >= 15 is 0 Å². The van der Waals surface area contributed by atoms with Crippen molar-refractivity contribution in [1.82, 2.24) is 0 Å². The van der Waals surface area contributed by atoms with E-state index in [1.807, 2.05) is 6.07 Å². The maximum absolute atomic E-state index is 12.7. The highest BCUT2D eigenvalue weighted by atomic mass is 79.9. The summed E-state index contributed by atoms with van der Waals surface area (Å²) in [6, 6.07) is 5.33. The van der Waals surface area contributed by atoms with Crippen LogP contribution in [0.2, 0.25) is 0 Å². The van der Waals surface area contributed by atoms with E-state index in [0.29, 0.717) is 11.3 Å². The van der Waals surface area contributed by atoms with Gasteiger partial charge in [0.25, 0.3) is 0 Å². The standard InChI is InChI=1S/C12H19BrNO4P/c1-4-17-19(15,18-5-2)12(14)10-8-9(13)6-7-11(10)16-3/h6-8,12H,4-5,14H2,1-3H3/t12-/m0/s1. The molecule has 1 atom stereocenters. The number of nitrogens with two attached hydrogens (primary N) is 1. The van der Waals surface area contributed by atoms with Crippen molar-refractivity contribution < 1.29 is 18.3 Å². The fraction of sp³-hybridized carbons (Fsp3) is 0.500. The highest BCUT2D eigenvalue weighted by molar-refractivity contribution is 9.10. The number of hydrogen-bond donors (Lipinski definition) is 1. The molecule has 0 amide bonds. The molecule has 0 saturated carbocycles. The third-order valence-corrected chi connectivity index (χ3v) is 5.16. The zero-order valence-corrected chi connectivity index (χ0v) is 13.7. The smallest absolute Gasteiger partial charge is 0.351 e. The molecule has 0 aliphatic rings. The second kappa shape index (κ2) is 7.41. The van der Waals surface area contributed by atoms with E-state index in [1.165, 1.54) is 7.11 Å². The van der Waals surface area contributed by atoms with Crippen molar-refractivity contribution in [3.63, 3.8) is 0 Å². The lowest BCUT2D eigenvalue weighted by Crippen LogP contribution is -2.16. The molecule has 2 N–H and O–H groups in total. The Hall–Kier alpha value is -0.390. The quantitative estimate of drug-likeness (QED) is 0.758. The highest BCUT2D eigenvalue weighted by Gasteiger charge is 2.35. The van der Waals surface area contributed by atoms with Crippen LogP contribution in [0.25, 0.3) is 0 Å². The molecule has 0 saturated heterocycles. The van der Waals surface area contributed by atoms with Gasteiger partial charge in [0.1, 0.15) is 11.5 Å². The van der Waals surface area contributed by atoms with Gasteiger partial charge in [0.05, 0.1) is 20.3 Å². The molecule has 0 heterocycles. The number of methoxy groups -OCH3 is 1. The van der Waals surface area contributed by atoms with E-state index in [1.54, 1.807) is 26.0 Å². The number of benzene rings is 1. The van der Waals surface area contributed by atoms with Crippen molar-refractivity contribution in [3.8, 4) is 5.75 Å². The van der Waals surface area contributed by atoms with Gasteiger partial charge in [-0.2, -0.15) is 0 Å². The lowest BCUT2D eigenvalue weighted by Gasteiger charge is -2.24. The van der Waals surface area contributed by atoms with Crippen LogP contribution in [0.5, 0.6) is 5.75 Å². The van der Waals surface area contributed by atoms with Crippen LogP contribution in [0.4, 0.5) is 0 Å². The first-order valence-corrected chi connectivity index (χ1v) is 8.36. The molecule has 1 aromatic rings. The topological polar surface area (TPSA) is 70.8 Å². The molecule has 7 heteroatoms. The van der Waals surface area contributed by atoms with Gasteiger partial charge < -0.3 is 19.5 Å². The van der Waals surface area contributed by atoms with Gasteiger partial charge in [-0.25, -0.2) is 0 Å². The van der Waals surface area contributed by atoms with Crippen molar-refractivity contribution in [3.05, 3.63) is 28.2 Å². The fourth-order valence-corrected chi connectivity index (χ4v) is 3.70. The zero-order valence-electron chi connectivity index (χ0n) is 11.3. The number of ether oxygens (including phenoxy) is 1. The summed E-state index contributed by atoms with van der Waals surface area (Å²) in [6.45, 7) is 4.02. The molecule has 1 aromatic carbocycles. The van der Waals surface area contributed by atoms with Crippen LogP contribution in [-0.2, 0) is 13.6 Å². The van der Waals surface area contributed by atoms with E-state index in [2.05, 4.69) is 15.9 Å². The van der Waals surface area contributed by atoms with E-state index in [9.17, 15) is 4.57 Å². The minimum absolute atomic E-state index is 0.265. The first kappa shape index (κ1) is 16.7. The minimum atomic E-state index is -3.42. The Balaban J connectivity index is 3.19. The Labute approximate surface area is 122 Å². The lowest BCUT2D eigenvalue weighted by atomic mass is 10.2. The molecule has 0 aromatic heterocycles. The van der Waals surface area contributed by atoms with Crippen LogP contribution >= 0.6 is 23.5 Å². The molecule has 0 bridgehead atoms. The summed E-state index contributed by atoms with van der Waals surface area (Å²) in [7, 11) is -1.88.